The van der Waals surface area contributed by atoms with Crippen molar-refractivity contribution in [2.45, 2.75) is 44.2 Å². The topological polar surface area (TPSA) is 69.7 Å². The zero-order valence-corrected chi connectivity index (χ0v) is 15.4. The van der Waals surface area contributed by atoms with Gasteiger partial charge in [0.25, 0.3) is 5.91 Å². The molecule has 138 valence electrons. The third-order valence-corrected chi connectivity index (χ3v) is 6.19. The van der Waals surface area contributed by atoms with Crippen LogP contribution in [0.2, 0.25) is 0 Å². The zero-order chi connectivity index (χ0) is 18.9. The third kappa shape index (κ3) is 1.93. The van der Waals surface area contributed by atoms with Gasteiger partial charge in [-0.25, -0.2) is 0 Å². The Morgan fingerprint density at radius 1 is 1.22 bits per heavy atom. The van der Waals surface area contributed by atoms with Crippen molar-refractivity contribution in [1.29, 1.82) is 0 Å². The zero-order valence-electron chi connectivity index (χ0n) is 15.4. The van der Waals surface area contributed by atoms with Crippen molar-refractivity contribution in [2.75, 3.05) is 11.9 Å². The number of allylic oxidation sites excluding steroid dienone is 1. The van der Waals surface area contributed by atoms with Gasteiger partial charge in [-0.1, -0.05) is 35.9 Å². The molecule has 3 amide bonds. The number of para-hydroxylation sites is 1. The van der Waals surface area contributed by atoms with Gasteiger partial charge >= 0.3 is 0 Å². The van der Waals surface area contributed by atoms with Gasteiger partial charge in [-0.2, -0.15) is 0 Å². The summed E-state index contributed by atoms with van der Waals surface area (Å²) in [5.74, 6) is -0.344. The van der Waals surface area contributed by atoms with E-state index in [-0.39, 0.29) is 17.7 Å². The van der Waals surface area contributed by atoms with Gasteiger partial charge in [-0.05, 0) is 38.3 Å². The summed E-state index contributed by atoms with van der Waals surface area (Å²) in [5.41, 5.74) is 2.20. The maximum atomic E-state index is 13.3. The van der Waals surface area contributed by atoms with E-state index in [0.717, 1.165) is 16.8 Å². The van der Waals surface area contributed by atoms with E-state index < -0.39 is 17.5 Å². The first-order valence-corrected chi connectivity index (χ1v) is 9.35. The average molecular weight is 363 g/mol. The Labute approximate surface area is 157 Å². The number of nitrogens with one attached hydrogen (secondary N) is 1. The highest BCUT2D eigenvalue weighted by molar-refractivity contribution is 6.12. The summed E-state index contributed by atoms with van der Waals surface area (Å²) in [6, 6.07) is 6.52. The molecule has 0 aliphatic carbocycles. The van der Waals surface area contributed by atoms with Crippen LogP contribution in [0.25, 0.3) is 0 Å². The number of nitrogens with zero attached hydrogens (tertiary/aromatic N) is 2. The fraction of sp³-hybridized carbons (Fsp3) is 0.381. The van der Waals surface area contributed by atoms with E-state index in [0.29, 0.717) is 25.1 Å². The second-order valence-corrected chi connectivity index (χ2v) is 7.96. The molecule has 0 radical (unpaired) electrons. The molecule has 4 heterocycles. The molecule has 1 N–H and O–H groups in total. The molecule has 1 spiro atoms. The maximum Gasteiger partial charge on any atom is 0.271 e. The van der Waals surface area contributed by atoms with Crippen molar-refractivity contribution in [3.8, 4) is 0 Å². The lowest BCUT2D eigenvalue weighted by molar-refractivity contribution is -0.149. The second-order valence-electron chi connectivity index (χ2n) is 7.96. The van der Waals surface area contributed by atoms with E-state index in [2.05, 4.69) is 5.32 Å². The number of carbonyl (C=O) groups excluding carboxylic acids is 3. The fourth-order valence-corrected chi connectivity index (χ4v) is 5.11. The first-order chi connectivity index (χ1) is 12.9. The van der Waals surface area contributed by atoms with Crippen LogP contribution in [0, 0.1) is 0 Å². The van der Waals surface area contributed by atoms with Crippen LogP contribution in [0.3, 0.4) is 0 Å². The van der Waals surface area contributed by atoms with E-state index in [1.165, 1.54) is 0 Å². The molecule has 2 saturated heterocycles. The predicted molar refractivity (Wildman–Crippen MR) is 99.6 cm³/mol. The summed E-state index contributed by atoms with van der Waals surface area (Å²) in [5, 5.41) is 2.98. The summed E-state index contributed by atoms with van der Waals surface area (Å²) in [7, 11) is 0. The highest BCUT2D eigenvalue weighted by atomic mass is 16.2. The van der Waals surface area contributed by atoms with E-state index in [1.54, 1.807) is 9.80 Å². The third-order valence-electron chi connectivity index (χ3n) is 6.19. The fourth-order valence-electron chi connectivity index (χ4n) is 5.11. The molecule has 27 heavy (non-hydrogen) atoms. The van der Waals surface area contributed by atoms with Gasteiger partial charge in [0.05, 0.1) is 6.04 Å². The molecule has 0 unspecified atom stereocenters. The SMILES string of the molecule is CC(C)=C[C@@H]1N2C(=O)C3=CCCN3C(=O)[C@@H]2C[C@@]12C(=O)Nc1ccccc12. The first-order valence-electron chi connectivity index (χ1n) is 9.35. The van der Waals surface area contributed by atoms with E-state index in [1.807, 2.05) is 50.3 Å². The van der Waals surface area contributed by atoms with Gasteiger partial charge in [0, 0.05) is 12.2 Å². The van der Waals surface area contributed by atoms with Crippen LogP contribution in [0.1, 0.15) is 32.3 Å². The number of anilines is 1. The predicted octanol–water partition coefficient (Wildman–Crippen LogP) is 1.94. The summed E-state index contributed by atoms with van der Waals surface area (Å²) in [6.07, 6.45) is 4.83. The van der Waals surface area contributed by atoms with Crippen LogP contribution in [-0.4, -0.2) is 46.1 Å². The minimum atomic E-state index is -0.926. The molecule has 0 aromatic heterocycles. The van der Waals surface area contributed by atoms with Crippen molar-refractivity contribution in [2.24, 2.45) is 0 Å². The first kappa shape index (κ1) is 16.3. The van der Waals surface area contributed by atoms with Crippen molar-refractivity contribution in [3.63, 3.8) is 0 Å². The van der Waals surface area contributed by atoms with Crippen molar-refractivity contribution < 1.29 is 14.4 Å². The second kappa shape index (κ2) is 5.31. The van der Waals surface area contributed by atoms with E-state index in [9.17, 15) is 14.4 Å². The Hall–Kier alpha value is -2.89. The minimum absolute atomic E-state index is 0.0698. The molecular weight excluding hydrogens is 342 g/mol. The van der Waals surface area contributed by atoms with Crippen molar-refractivity contribution in [3.05, 3.63) is 53.3 Å². The molecule has 4 aliphatic rings. The van der Waals surface area contributed by atoms with Crippen LogP contribution in [0.4, 0.5) is 5.69 Å². The average Bonchev–Trinajstić information content (AvgIpc) is 3.31. The number of carbonyl (C=O) groups is 3. The van der Waals surface area contributed by atoms with Crippen LogP contribution < -0.4 is 5.32 Å². The molecule has 2 fully saturated rings. The van der Waals surface area contributed by atoms with Gasteiger partial charge in [0.2, 0.25) is 11.8 Å². The lowest BCUT2D eigenvalue weighted by Gasteiger charge is -2.39. The standard InChI is InChI=1S/C21H21N3O3/c1-12(2)10-17-21(13-6-3-4-7-14(13)22-20(21)27)11-16-18(25)23-9-5-8-15(23)19(26)24(16)17/h3-4,6-8,10,16-17H,5,9,11H2,1-2H3,(H,22,27)/t16-,17-,21-/m0/s1. The summed E-state index contributed by atoms with van der Waals surface area (Å²) in [4.78, 5) is 42.9. The lowest BCUT2D eigenvalue weighted by Crippen LogP contribution is -2.57. The minimum Gasteiger partial charge on any atom is -0.325 e. The summed E-state index contributed by atoms with van der Waals surface area (Å²) < 4.78 is 0. The molecule has 5 rings (SSSR count). The van der Waals surface area contributed by atoms with Gasteiger partial charge < -0.3 is 15.1 Å². The van der Waals surface area contributed by atoms with Gasteiger partial charge in [0.15, 0.2) is 0 Å². The van der Waals surface area contributed by atoms with Crippen molar-refractivity contribution >= 4 is 23.4 Å². The molecule has 0 bridgehead atoms. The molecule has 4 aliphatic heterocycles. The molecule has 0 saturated carbocycles. The Bertz CT molecular complexity index is 959. The van der Waals surface area contributed by atoms with E-state index in [4.69, 9.17) is 0 Å². The van der Waals surface area contributed by atoms with Gasteiger partial charge in [-0.15, -0.1) is 0 Å². The Kier molecular flexibility index (Phi) is 3.21. The maximum absolute atomic E-state index is 13.3. The Morgan fingerprint density at radius 3 is 2.78 bits per heavy atom. The molecule has 6 nitrogen and oxygen atoms in total. The summed E-state index contributed by atoms with van der Waals surface area (Å²) >= 11 is 0. The monoisotopic (exact) mass is 363 g/mol. The summed E-state index contributed by atoms with van der Waals surface area (Å²) in [6.45, 7) is 4.46. The number of rotatable bonds is 1. The number of piperazine rings is 1. The lowest BCUT2D eigenvalue weighted by atomic mass is 9.73. The van der Waals surface area contributed by atoms with Crippen LogP contribution in [-0.2, 0) is 19.8 Å². The highest BCUT2D eigenvalue weighted by Gasteiger charge is 2.65. The normalized spacial score (nSPS) is 30.9. The number of hydrogen-bond donors (Lipinski definition) is 1. The molecule has 3 atom stereocenters. The quantitative estimate of drug-likeness (QED) is 0.776. The van der Waals surface area contributed by atoms with Crippen molar-refractivity contribution in [1.82, 2.24) is 9.80 Å². The van der Waals surface area contributed by atoms with Crippen LogP contribution in [0.5, 0.6) is 0 Å². The van der Waals surface area contributed by atoms with Crippen LogP contribution >= 0.6 is 0 Å². The highest BCUT2D eigenvalue weighted by Crippen LogP contribution is 2.53. The van der Waals surface area contributed by atoms with E-state index >= 15 is 0 Å². The van der Waals surface area contributed by atoms with Gasteiger partial charge in [0.1, 0.15) is 17.2 Å². The molecular formula is C21H21N3O3. The molecule has 1 aromatic rings. The Morgan fingerprint density at radius 2 is 2.00 bits per heavy atom. The number of amides is 3. The number of fused-ring (bicyclic) bond motifs is 4. The number of benzene rings is 1. The van der Waals surface area contributed by atoms with Gasteiger partial charge in [-0.3, -0.25) is 14.4 Å². The molecule has 1 aromatic carbocycles. The Balaban J connectivity index is 1.73. The smallest absolute Gasteiger partial charge is 0.271 e. The molecule has 6 heteroatoms. The van der Waals surface area contributed by atoms with Crippen LogP contribution in [0.15, 0.2) is 47.7 Å². The largest absolute Gasteiger partial charge is 0.325 e. The number of hydrogen-bond acceptors (Lipinski definition) is 3.